The number of nitrogens with zero attached hydrogens (tertiary/aromatic N) is 1. The summed E-state index contributed by atoms with van der Waals surface area (Å²) in [5.74, 6) is -0.399. The number of hydrogen-bond acceptors (Lipinski definition) is 6. The van der Waals surface area contributed by atoms with Gasteiger partial charge in [-0.1, -0.05) is 60.7 Å². The number of hydrogen-bond donors (Lipinski definition) is 0. The highest BCUT2D eigenvalue weighted by molar-refractivity contribution is 5.74. The molecule has 0 spiro atoms. The smallest absolute Gasteiger partial charge is 0.412 e. The molecule has 0 N–H and O–H groups in total. The normalized spacial score (nSPS) is 19.2. The number of carbonyl (C=O) groups excluding carboxylic acids is 2. The summed E-state index contributed by atoms with van der Waals surface area (Å²) in [5, 5.41) is 0. The third-order valence-corrected chi connectivity index (χ3v) is 5.86. The molecule has 1 aliphatic rings. The monoisotopic (exact) mass is 497 g/mol. The Balaban J connectivity index is 1.64. The van der Waals surface area contributed by atoms with Crippen LogP contribution in [0.3, 0.4) is 0 Å². The number of amides is 1. The molecule has 1 fully saturated rings. The lowest BCUT2D eigenvalue weighted by molar-refractivity contribution is -0.156. The van der Waals surface area contributed by atoms with E-state index in [2.05, 4.69) is 12.1 Å². The van der Waals surface area contributed by atoms with Crippen LogP contribution in [0.25, 0.3) is 0 Å². The van der Waals surface area contributed by atoms with Gasteiger partial charge in [0.05, 0.1) is 19.1 Å². The fourth-order valence-electron chi connectivity index (χ4n) is 4.36. The van der Waals surface area contributed by atoms with Crippen LogP contribution in [0.1, 0.15) is 58.6 Å². The van der Waals surface area contributed by atoms with Gasteiger partial charge in [-0.2, -0.15) is 0 Å². The zero-order chi connectivity index (χ0) is 26.2. The van der Waals surface area contributed by atoms with E-state index < -0.39 is 35.5 Å². The first kappa shape index (κ1) is 27.7. The van der Waals surface area contributed by atoms with E-state index in [4.69, 9.17) is 18.9 Å². The van der Waals surface area contributed by atoms with E-state index in [1.54, 1.807) is 13.8 Å². The lowest BCUT2D eigenvalue weighted by atomic mass is 10.1. The van der Waals surface area contributed by atoms with Gasteiger partial charge in [-0.25, -0.2) is 4.79 Å². The first-order chi connectivity index (χ1) is 17.0. The van der Waals surface area contributed by atoms with Gasteiger partial charge < -0.3 is 18.9 Å². The largest absolute Gasteiger partial charge is 0.460 e. The fourth-order valence-corrected chi connectivity index (χ4v) is 4.36. The summed E-state index contributed by atoms with van der Waals surface area (Å²) in [6.07, 6.45) is 0.730. The Morgan fingerprint density at radius 2 is 1.58 bits per heavy atom. The lowest BCUT2D eigenvalue weighted by Gasteiger charge is -2.33. The molecule has 0 aliphatic carbocycles. The van der Waals surface area contributed by atoms with Crippen molar-refractivity contribution in [3.63, 3.8) is 0 Å². The van der Waals surface area contributed by atoms with Crippen molar-refractivity contribution in [1.82, 2.24) is 4.90 Å². The third-order valence-electron chi connectivity index (χ3n) is 5.86. The van der Waals surface area contributed by atoms with E-state index in [1.165, 1.54) is 10.5 Å². The quantitative estimate of drug-likeness (QED) is 0.318. The van der Waals surface area contributed by atoms with Crippen LogP contribution in [-0.4, -0.2) is 53.6 Å². The van der Waals surface area contributed by atoms with Crippen LogP contribution in [0.15, 0.2) is 60.7 Å². The van der Waals surface area contributed by atoms with Gasteiger partial charge in [-0.15, -0.1) is 0 Å². The first-order valence-corrected chi connectivity index (χ1v) is 12.6. The molecule has 0 saturated carbocycles. The molecule has 2 aromatic rings. The molecule has 36 heavy (non-hydrogen) atoms. The second-order valence-electron chi connectivity index (χ2n) is 10.5. The second-order valence-corrected chi connectivity index (χ2v) is 10.5. The Morgan fingerprint density at radius 3 is 2.19 bits per heavy atom. The molecule has 2 atom stereocenters. The molecule has 2 aromatic carbocycles. The standard InChI is InChI=1S/C29H39NO6/c1-28(2,3)36-26(31)19-24-25(21-33-18-12-17-22-13-8-6-9-14-22)35-29(4,5)30(24)27(32)34-20-23-15-10-7-11-16-23/h6-11,13-16,24-25H,12,17-21H2,1-5H3. The number of benzene rings is 2. The Labute approximate surface area is 214 Å². The van der Waals surface area contributed by atoms with Crippen molar-refractivity contribution in [3.8, 4) is 0 Å². The zero-order valence-corrected chi connectivity index (χ0v) is 22.1. The van der Waals surface area contributed by atoms with Gasteiger partial charge in [0.1, 0.15) is 24.0 Å². The van der Waals surface area contributed by atoms with Crippen molar-refractivity contribution in [2.45, 2.75) is 84.0 Å². The highest BCUT2D eigenvalue weighted by Gasteiger charge is 2.51. The number of ether oxygens (including phenoxy) is 4. The number of aryl methyl sites for hydroxylation is 1. The van der Waals surface area contributed by atoms with Crippen molar-refractivity contribution in [3.05, 3.63) is 71.8 Å². The average molecular weight is 498 g/mol. The van der Waals surface area contributed by atoms with E-state index in [0.717, 1.165) is 18.4 Å². The molecule has 1 amide bonds. The van der Waals surface area contributed by atoms with Gasteiger partial charge in [-0.3, -0.25) is 9.69 Å². The Morgan fingerprint density at radius 1 is 0.972 bits per heavy atom. The van der Waals surface area contributed by atoms with Crippen molar-refractivity contribution < 1.29 is 28.5 Å². The van der Waals surface area contributed by atoms with Crippen LogP contribution in [0.5, 0.6) is 0 Å². The lowest BCUT2D eigenvalue weighted by Crippen LogP contribution is -2.49. The Hall–Kier alpha value is -2.90. The minimum Gasteiger partial charge on any atom is -0.460 e. The van der Waals surface area contributed by atoms with Crippen LogP contribution in [0.4, 0.5) is 4.79 Å². The van der Waals surface area contributed by atoms with E-state index in [0.29, 0.717) is 6.61 Å². The van der Waals surface area contributed by atoms with Gasteiger partial charge in [0.2, 0.25) is 0 Å². The van der Waals surface area contributed by atoms with Crippen molar-refractivity contribution in [2.24, 2.45) is 0 Å². The number of rotatable bonds is 10. The molecule has 196 valence electrons. The van der Waals surface area contributed by atoms with Crippen molar-refractivity contribution in [2.75, 3.05) is 13.2 Å². The average Bonchev–Trinajstić information content (AvgIpc) is 3.06. The summed E-state index contributed by atoms with van der Waals surface area (Å²) in [4.78, 5) is 27.5. The maximum absolute atomic E-state index is 13.2. The zero-order valence-electron chi connectivity index (χ0n) is 22.1. The van der Waals surface area contributed by atoms with E-state index in [1.807, 2.05) is 69.3 Å². The minimum atomic E-state index is -0.974. The molecule has 1 aliphatic heterocycles. The predicted molar refractivity (Wildman–Crippen MR) is 137 cm³/mol. The van der Waals surface area contributed by atoms with Crippen molar-refractivity contribution in [1.29, 1.82) is 0 Å². The molecule has 0 bridgehead atoms. The summed E-state index contributed by atoms with van der Waals surface area (Å²) in [7, 11) is 0. The molecule has 1 heterocycles. The molecular formula is C29H39NO6. The van der Waals surface area contributed by atoms with Crippen LogP contribution in [0.2, 0.25) is 0 Å². The maximum Gasteiger partial charge on any atom is 0.412 e. The Kier molecular flexibility index (Phi) is 9.51. The van der Waals surface area contributed by atoms with E-state index in [9.17, 15) is 9.59 Å². The van der Waals surface area contributed by atoms with Gasteiger partial charge in [-0.05, 0) is 58.6 Å². The summed E-state index contributed by atoms with van der Waals surface area (Å²) >= 11 is 0. The van der Waals surface area contributed by atoms with Crippen LogP contribution in [-0.2, 0) is 36.8 Å². The fraction of sp³-hybridized carbons (Fsp3) is 0.517. The topological polar surface area (TPSA) is 74.3 Å². The highest BCUT2D eigenvalue weighted by atomic mass is 16.6. The molecule has 2 unspecified atom stereocenters. The number of carbonyl (C=O) groups is 2. The molecule has 0 radical (unpaired) electrons. The van der Waals surface area contributed by atoms with Crippen LogP contribution >= 0.6 is 0 Å². The van der Waals surface area contributed by atoms with Gasteiger partial charge in [0.15, 0.2) is 0 Å². The number of esters is 1. The Bertz CT molecular complexity index is 970. The minimum absolute atomic E-state index is 0.0147. The maximum atomic E-state index is 13.2. The van der Waals surface area contributed by atoms with Gasteiger partial charge >= 0.3 is 12.1 Å². The third kappa shape index (κ3) is 8.35. The van der Waals surface area contributed by atoms with Crippen molar-refractivity contribution >= 4 is 12.1 Å². The van der Waals surface area contributed by atoms with Crippen LogP contribution in [0, 0.1) is 0 Å². The highest BCUT2D eigenvalue weighted by Crippen LogP contribution is 2.35. The molecule has 7 nitrogen and oxygen atoms in total. The molecule has 0 aromatic heterocycles. The molecule has 1 saturated heterocycles. The van der Waals surface area contributed by atoms with Crippen LogP contribution < -0.4 is 0 Å². The molecular weight excluding hydrogens is 458 g/mol. The molecule has 3 rings (SSSR count). The summed E-state index contributed by atoms with van der Waals surface area (Å²) in [5.41, 5.74) is 0.535. The molecule has 7 heteroatoms. The second kappa shape index (κ2) is 12.4. The van der Waals surface area contributed by atoms with E-state index >= 15 is 0 Å². The van der Waals surface area contributed by atoms with Gasteiger partial charge in [0.25, 0.3) is 0 Å². The predicted octanol–water partition coefficient (Wildman–Crippen LogP) is 5.51. The van der Waals surface area contributed by atoms with Gasteiger partial charge in [0, 0.05) is 6.61 Å². The summed E-state index contributed by atoms with van der Waals surface area (Å²) in [6, 6.07) is 19.1. The summed E-state index contributed by atoms with van der Waals surface area (Å²) in [6.45, 7) is 9.99. The summed E-state index contributed by atoms with van der Waals surface area (Å²) < 4.78 is 23.3. The van der Waals surface area contributed by atoms with E-state index in [-0.39, 0.29) is 19.6 Å². The first-order valence-electron chi connectivity index (χ1n) is 12.6. The SMILES string of the molecule is CC(C)(C)OC(=O)CC1C(COCCCc2ccccc2)OC(C)(C)N1C(=O)OCc1ccccc1.